The molecule has 0 saturated carbocycles. The summed E-state index contributed by atoms with van der Waals surface area (Å²) in [5.41, 5.74) is 0.387. The zero-order chi connectivity index (χ0) is 23.3. The second-order valence-corrected chi connectivity index (χ2v) is 7.57. The second-order valence-electron chi connectivity index (χ2n) is 7.57. The molecular weight excluding hydrogens is 430 g/mol. The maximum atomic E-state index is 14.5. The van der Waals surface area contributed by atoms with E-state index in [1.165, 1.54) is 23.4 Å². The largest absolute Gasteiger partial charge is 0.382 e. The van der Waals surface area contributed by atoms with E-state index in [2.05, 4.69) is 31.8 Å². The number of nitriles is 1. The van der Waals surface area contributed by atoms with Crippen molar-refractivity contribution in [3.8, 4) is 6.07 Å². The van der Waals surface area contributed by atoms with Crippen molar-refractivity contribution in [3.63, 3.8) is 0 Å². The summed E-state index contributed by atoms with van der Waals surface area (Å²) >= 11 is 0. The Hall–Kier alpha value is -4.01. The molecule has 0 aliphatic carbocycles. The number of benzene rings is 2. The maximum absolute atomic E-state index is 14.5. The summed E-state index contributed by atoms with van der Waals surface area (Å²) in [6, 6.07) is 12.3. The van der Waals surface area contributed by atoms with E-state index < -0.39 is 17.2 Å². The Kier molecular flexibility index (Phi) is 6.48. The molecule has 0 aliphatic heterocycles. The summed E-state index contributed by atoms with van der Waals surface area (Å²) in [6.45, 7) is 0.595. The standard InChI is InChI=1S/C22H20F2N8O/c23-18-5-6-20(21(24)7-18)22(33,13-32-15-27-14-28-32)12-26-9-19-11-31(30-29-19)10-17-3-1-16(8-25)2-4-17/h1-7,11,14-15,26,33H,9-10,12-13H2. The van der Waals surface area contributed by atoms with Crippen molar-refractivity contribution < 1.29 is 13.9 Å². The van der Waals surface area contributed by atoms with Crippen LogP contribution in [0.4, 0.5) is 8.78 Å². The Morgan fingerprint density at radius 1 is 1.12 bits per heavy atom. The molecule has 0 aliphatic rings. The van der Waals surface area contributed by atoms with Crippen molar-refractivity contribution in [2.24, 2.45) is 0 Å². The summed E-state index contributed by atoms with van der Waals surface area (Å²) < 4.78 is 30.9. The first-order valence-electron chi connectivity index (χ1n) is 10.0. The van der Waals surface area contributed by atoms with E-state index in [-0.39, 0.29) is 25.2 Å². The van der Waals surface area contributed by atoms with Gasteiger partial charge in [0.15, 0.2) is 0 Å². The van der Waals surface area contributed by atoms with Gasteiger partial charge >= 0.3 is 0 Å². The number of halogens is 2. The number of aliphatic hydroxyl groups is 1. The molecule has 0 bridgehead atoms. The fourth-order valence-electron chi connectivity index (χ4n) is 3.45. The molecule has 0 spiro atoms. The van der Waals surface area contributed by atoms with Crippen molar-refractivity contribution in [2.75, 3.05) is 6.54 Å². The van der Waals surface area contributed by atoms with Gasteiger partial charge in [-0.2, -0.15) is 10.4 Å². The third-order valence-corrected chi connectivity index (χ3v) is 5.06. The average Bonchev–Trinajstić information content (AvgIpc) is 3.46. The molecule has 2 aromatic heterocycles. The quantitative estimate of drug-likeness (QED) is 0.399. The molecule has 0 amide bonds. The van der Waals surface area contributed by atoms with E-state index in [1.807, 2.05) is 12.1 Å². The number of hydrogen-bond donors (Lipinski definition) is 2. The van der Waals surface area contributed by atoms with Crippen LogP contribution in [0.15, 0.2) is 61.3 Å². The molecule has 0 radical (unpaired) electrons. The molecule has 4 rings (SSSR count). The van der Waals surface area contributed by atoms with Crippen LogP contribution < -0.4 is 5.32 Å². The van der Waals surface area contributed by atoms with Crippen molar-refractivity contribution in [3.05, 3.63) is 95.3 Å². The van der Waals surface area contributed by atoms with Gasteiger partial charge in [0.05, 0.1) is 36.6 Å². The first-order valence-corrected chi connectivity index (χ1v) is 10.0. The molecule has 9 nitrogen and oxygen atoms in total. The van der Waals surface area contributed by atoms with E-state index in [0.717, 1.165) is 17.7 Å². The number of rotatable bonds is 9. The van der Waals surface area contributed by atoms with Gasteiger partial charge in [0.2, 0.25) is 0 Å². The van der Waals surface area contributed by atoms with E-state index >= 15 is 0 Å². The molecule has 2 N–H and O–H groups in total. The molecule has 168 valence electrons. The Morgan fingerprint density at radius 3 is 2.64 bits per heavy atom. The Morgan fingerprint density at radius 2 is 1.94 bits per heavy atom. The minimum Gasteiger partial charge on any atom is -0.382 e. The predicted molar refractivity (Wildman–Crippen MR) is 112 cm³/mol. The van der Waals surface area contributed by atoms with Crippen LogP contribution in [-0.2, 0) is 25.2 Å². The van der Waals surface area contributed by atoms with Crippen LogP contribution in [-0.4, -0.2) is 41.4 Å². The van der Waals surface area contributed by atoms with E-state index in [1.54, 1.807) is 23.0 Å². The summed E-state index contributed by atoms with van der Waals surface area (Å²) in [5, 5.41) is 35.4. The lowest BCUT2D eigenvalue weighted by Gasteiger charge is -2.29. The Balaban J connectivity index is 1.42. The van der Waals surface area contributed by atoms with Gasteiger partial charge in [-0.25, -0.2) is 23.1 Å². The molecule has 2 aromatic carbocycles. The molecular formula is C22H20F2N8O. The zero-order valence-corrected chi connectivity index (χ0v) is 17.4. The SMILES string of the molecule is N#Cc1ccc(Cn2cc(CNCC(O)(Cn3cncn3)c3ccc(F)cc3F)nn2)cc1. The van der Waals surface area contributed by atoms with Crippen molar-refractivity contribution in [1.29, 1.82) is 5.26 Å². The first-order chi connectivity index (χ1) is 15.9. The van der Waals surface area contributed by atoms with Gasteiger partial charge in [-0.15, -0.1) is 5.10 Å². The van der Waals surface area contributed by atoms with Crippen LogP contribution >= 0.6 is 0 Å². The third kappa shape index (κ3) is 5.43. The fourth-order valence-corrected chi connectivity index (χ4v) is 3.45. The Labute approximate surface area is 187 Å². The lowest BCUT2D eigenvalue weighted by Crippen LogP contribution is -2.42. The monoisotopic (exact) mass is 450 g/mol. The van der Waals surface area contributed by atoms with Gasteiger partial charge in [0.25, 0.3) is 0 Å². The van der Waals surface area contributed by atoms with Gasteiger partial charge in [0.1, 0.15) is 29.9 Å². The zero-order valence-electron chi connectivity index (χ0n) is 17.4. The fraction of sp³-hybridized carbons (Fsp3) is 0.227. The highest BCUT2D eigenvalue weighted by atomic mass is 19.1. The molecule has 1 atom stereocenters. The highest BCUT2D eigenvalue weighted by Crippen LogP contribution is 2.26. The highest BCUT2D eigenvalue weighted by molar-refractivity contribution is 5.31. The number of nitrogens with zero attached hydrogens (tertiary/aromatic N) is 7. The third-order valence-electron chi connectivity index (χ3n) is 5.06. The predicted octanol–water partition coefficient (Wildman–Crippen LogP) is 1.75. The lowest BCUT2D eigenvalue weighted by atomic mass is 9.92. The summed E-state index contributed by atoms with van der Waals surface area (Å²) in [6.07, 6.45) is 4.46. The van der Waals surface area contributed by atoms with Gasteiger partial charge < -0.3 is 10.4 Å². The van der Waals surface area contributed by atoms with Crippen LogP contribution in [0.25, 0.3) is 0 Å². The van der Waals surface area contributed by atoms with Crippen LogP contribution in [0, 0.1) is 23.0 Å². The average molecular weight is 450 g/mol. The molecule has 33 heavy (non-hydrogen) atoms. The van der Waals surface area contributed by atoms with Crippen LogP contribution in [0.3, 0.4) is 0 Å². The molecule has 0 saturated heterocycles. The summed E-state index contributed by atoms with van der Waals surface area (Å²) in [7, 11) is 0. The van der Waals surface area contributed by atoms with Gasteiger partial charge in [-0.3, -0.25) is 0 Å². The van der Waals surface area contributed by atoms with Crippen molar-refractivity contribution >= 4 is 0 Å². The van der Waals surface area contributed by atoms with E-state index in [0.29, 0.717) is 17.8 Å². The number of nitrogens with one attached hydrogen (secondary N) is 1. The summed E-state index contributed by atoms with van der Waals surface area (Å²) in [5.74, 6) is -1.58. The lowest BCUT2D eigenvalue weighted by molar-refractivity contribution is 0.0117. The van der Waals surface area contributed by atoms with Gasteiger partial charge in [-0.05, 0) is 23.8 Å². The van der Waals surface area contributed by atoms with Crippen LogP contribution in [0.5, 0.6) is 0 Å². The number of aromatic nitrogens is 6. The smallest absolute Gasteiger partial charge is 0.137 e. The van der Waals surface area contributed by atoms with Crippen molar-refractivity contribution in [2.45, 2.75) is 25.2 Å². The molecule has 1 unspecified atom stereocenters. The second kappa shape index (κ2) is 9.64. The summed E-state index contributed by atoms with van der Waals surface area (Å²) in [4.78, 5) is 3.84. The maximum Gasteiger partial charge on any atom is 0.137 e. The Bertz CT molecular complexity index is 1250. The van der Waals surface area contributed by atoms with Gasteiger partial charge in [0, 0.05) is 24.7 Å². The first kappa shape index (κ1) is 22.2. The highest BCUT2D eigenvalue weighted by Gasteiger charge is 2.33. The van der Waals surface area contributed by atoms with Gasteiger partial charge in [-0.1, -0.05) is 23.4 Å². The molecule has 4 aromatic rings. The molecule has 11 heteroatoms. The molecule has 0 fully saturated rings. The normalized spacial score (nSPS) is 12.9. The molecule has 2 heterocycles. The van der Waals surface area contributed by atoms with E-state index in [9.17, 15) is 13.9 Å². The minimum atomic E-state index is -1.72. The van der Waals surface area contributed by atoms with E-state index in [4.69, 9.17) is 5.26 Å². The van der Waals surface area contributed by atoms with Crippen molar-refractivity contribution in [1.82, 2.24) is 35.1 Å². The number of hydrogen-bond acceptors (Lipinski definition) is 7. The van der Waals surface area contributed by atoms with Crippen LogP contribution in [0.2, 0.25) is 0 Å². The minimum absolute atomic E-state index is 0.0576. The van der Waals surface area contributed by atoms with Crippen LogP contribution in [0.1, 0.15) is 22.4 Å². The topological polar surface area (TPSA) is 117 Å².